The van der Waals surface area contributed by atoms with E-state index < -0.39 is 45.4 Å². The van der Waals surface area contributed by atoms with Gasteiger partial charge in [0.2, 0.25) is 0 Å². The van der Waals surface area contributed by atoms with E-state index in [1.54, 1.807) is 0 Å². The fourth-order valence-corrected chi connectivity index (χ4v) is 2.30. The van der Waals surface area contributed by atoms with Crippen molar-refractivity contribution in [3.63, 3.8) is 0 Å². The first-order valence-electron chi connectivity index (χ1n) is 5.18. The number of carboxylic acids is 1. The third-order valence-electron chi connectivity index (χ3n) is 2.39. The molecular weight excluding hydrogens is 329 g/mol. The first-order chi connectivity index (χ1) is 9.84. The summed E-state index contributed by atoms with van der Waals surface area (Å²) >= 11 is 4.38. The average molecular weight is 334 g/mol. The summed E-state index contributed by atoms with van der Waals surface area (Å²) < 4.78 is 41.3. The van der Waals surface area contributed by atoms with Gasteiger partial charge in [-0.3, -0.25) is 10.1 Å². The van der Waals surface area contributed by atoms with Gasteiger partial charge in [0, 0.05) is 11.6 Å². The highest BCUT2D eigenvalue weighted by Crippen LogP contribution is 2.28. The number of nitrogens with one attached hydrogen (secondary N) is 1. The molecule has 0 saturated heterocycles. The van der Waals surface area contributed by atoms with Gasteiger partial charge in [0.1, 0.15) is 11.1 Å². The molecule has 0 atom stereocenters. The van der Waals surface area contributed by atoms with E-state index in [1.165, 1.54) is 11.6 Å². The lowest BCUT2D eigenvalue weighted by molar-refractivity contribution is 0.0686. The van der Waals surface area contributed by atoms with Crippen LogP contribution in [0, 0.1) is 17.5 Å². The van der Waals surface area contributed by atoms with Crippen molar-refractivity contribution in [2.45, 2.75) is 4.90 Å². The zero-order chi connectivity index (χ0) is 15.7. The van der Waals surface area contributed by atoms with Gasteiger partial charge in [-0.25, -0.2) is 22.9 Å². The molecule has 0 aliphatic carbocycles. The molecule has 2 aromatic rings. The number of nitrogens with zero attached hydrogens (tertiary/aromatic N) is 1. The number of halogens is 3. The van der Waals surface area contributed by atoms with Crippen LogP contribution in [0.2, 0.25) is 0 Å². The van der Waals surface area contributed by atoms with Crippen LogP contribution >= 0.6 is 24.0 Å². The van der Waals surface area contributed by atoms with E-state index in [9.17, 15) is 22.8 Å². The molecule has 110 valence electrons. The molecule has 2 N–H and O–H groups in total. The smallest absolute Gasteiger partial charge is 0.339 e. The summed E-state index contributed by atoms with van der Waals surface area (Å²) in [7, 11) is 0. The van der Waals surface area contributed by atoms with Crippen LogP contribution in [0.3, 0.4) is 0 Å². The molecule has 0 saturated carbocycles. The lowest BCUT2D eigenvalue weighted by Crippen LogP contribution is -2.20. The molecule has 1 amide bonds. The Labute approximate surface area is 124 Å². The van der Waals surface area contributed by atoms with Crippen molar-refractivity contribution >= 4 is 41.0 Å². The molecule has 10 heteroatoms. The number of carboxylic acid groups (broad SMARTS) is 1. The van der Waals surface area contributed by atoms with Gasteiger partial charge in [0.25, 0.3) is 5.91 Å². The van der Waals surface area contributed by atoms with E-state index in [1.807, 2.05) is 5.32 Å². The Balaban J connectivity index is 2.58. The highest BCUT2D eigenvalue weighted by Gasteiger charge is 2.30. The van der Waals surface area contributed by atoms with Crippen LogP contribution in [-0.4, -0.2) is 22.0 Å². The fourth-order valence-electron chi connectivity index (χ4n) is 1.49. The molecule has 1 aromatic heterocycles. The van der Waals surface area contributed by atoms with E-state index in [2.05, 4.69) is 17.6 Å². The largest absolute Gasteiger partial charge is 0.478 e. The number of amides is 1. The Kier molecular flexibility index (Phi) is 4.19. The number of benzene rings is 1. The van der Waals surface area contributed by atoms with Crippen molar-refractivity contribution in [2.75, 3.05) is 5.32 Å². The minimum atomic E-state index is -1.88. The number of hydrogen-bond acceptors (Lipinski definition) is 5. The third kappa shape index (κ3) is 2.72. The molecule has 0 radical (unpaired) electrons. The second-order valence-corrected chi connectivity index (χ2v) is 4.98. The highest BCUT2D eigenvalue weighted by molar-refractivity contribution is 7.80. The van der Waals surface area contributed by atoms with E-state index in [0.717, 1.165) is 11.3 Å². The summed E-state index contributed by atoms with van der Waals surface area (Å²) in [6.45, 7) is 0. The maximum atomic E-state index is 14.0. The summed E-state index contributed by atoms with van der Waals surface area (Å²) in [4.78, 5) is 25.3. The summed E-state index contributed by atoms with van der Waals surface area (Å²) in [5.41, 5.74) is -2.57. The molecule has 2 rings (SSSR count). The zero-order valence-electron chi connectivity index (χ0n) is 9.85. The van der Waals surface area contributed by atoms with Crippen LogP contribution in [-0.2, 0) is 0 Å². The second-order valence-electron chi connectivity index (χ2n) is 3.64. The number of thiol groups is 1. The maximum absolute atomic E-state index is 14.0. The van der Waals surface area contributed by atoms with Crippen molar-refractivity contribution in [1.29, 1.82) is 0 Å². The van der Waals surface area contributed by atoms with Crippen molar-refractivity contribution in [3.05, 3.63) is 40.2 Å². The lowest BCUT2D eigenvalue weighted by Gasteiger charge is -2.10. The van der Waals surface area contributed by atoms with Gasteiger partial charge < -0.3 is 5.11 Å². The third-order valence-corrected chi connectivity index (χ3v) is 3.50. The van der Waals surface area contributed by atoms with Gasteiger partial charge in [-0.15, -0.1) is 24.0 Å². The average Bonchev–Trinajstić information content (AvgIpc) is 2.88. The summed E-state index contributed by atoms with van der Waals surface area (Å²) in [6.07, 6.45) is 1.33. The quantitative estimate of drug-likeness (QED) is 0.596. The SMILES string of the molecule is O=C(Nc1nccs1)c1c(F)c(F)c(S)c(C(=O)O)c1F. The molecule has 0 spiro atoms. The Morgan fingerprint density at radius 3 is 2.38 bits per heavy atom. The number of anilines is 1. The van der Waals surface area contributed by atoms with Gasteiger partial charge in [-0.2, -0.15) is 0 Å². The topological polar surface area (TPSA) is 79.3 Å². The molecule has 1 heterocycles. The van der Waals surface area contributed by atoms with Crippen molar-refractivity contribution in [2.24, 2.45) is 0 Å². The van der Waals surface area contributed by atoms with Crippen LogP contribution in [0.4, 0.5) is 18.3 Å². The summed E-state index contributed by atoms with van der Waals surface area (Å²) in [5, 5.41) is 12.3. The Morgan fingerprint density at radius 1 is 1.19 bits per heavy atom. The van der Waals surface area contributed by atoms with Crippen LogP contribution in [0.25, 0.3) is 0 Å². The normalized spacial score (nSPS) is 10.5. The minimum absolute atomic E-state index is 0.0195. The number of thiazole rings is 1. The van der Waals surface area contributed by atoms with E-state index in [0.29, 0.717) is 0 Å². The predicted octanol–water partition coefficient (Wildman–Crippen LogP) is 2.80. The molecule has 1 aromatic carbocycles. The molecule has 0 fully saturated rings. The van der Waals surface area contributed by atoms with Crippen molar-refractivity contribution in [1.82, 2.24) is 4.98 Å². The van der Waals surface area contributed by atoms with Gasteiger partial charge >= 0.3 is 5.97 Å². The first kappa shape index (κ1) is 15.3. The number of rotatable bonds is 3. The molecule has 0 unspecified atom stereocenters. The summed E-state index contributed by atoms with van der Waals surface area (Å²) in [6, 6.07) is 0. The second kappa shape index (κ2) is 5.74. The van der Waals surface area contributed by atoms with Gasteiger partial charge in [0.05, 0.1) is 4.90 Å². The monoisotopic (exact) mass is 334 g/mol. The first-order valence-corrected chi connectivity index (χ1v) is 6.50. The van der Waals surface area contributed by atoms with Gasteiger partial charge in [0.15, 0.2) is 22.6 Å². The molecule has 0 bridgehead atoms. The van der Waals surface area contributed by atoms with Crippen LogP contribution < -0.4 is 5.32 Å². The summed E-state index contributed by atoms with van der Waals surface area (Å²) in [5.74, 6) is -8.48. The Morgan fingerprint density at radius 2 is 1.86 bits per heavy atom. The van der Waals surface area contributed by atoms with E-state index in [4.69, 9.17) is 5.11 Å². The molecule has 5 nitrogen and oxygen atoms in total. The van der Waals surface area contributed by atoms with Crippen molar-refractivity contribution < 1.29 is 27.9 Å². The van der Waals surface area contributed by atoms with E-state index in [-0.39, 0.29) is 5.13 Å². The van der Waals surface area contributed by atoms with Crippen LogP contribution in [0.15, 0.2) is 16.5 Å². The molecule has 21 heavy (non-hydrogen) atoms. The van der Waals surface area contributed by atoms with Gasteiger partial charge in [-0.05, 0) is 0 Å². The van der Waals surface area contributed by atoms with Crippen LogP contribution in [0.5, 0.6) is 0 Å². The van der Waals surface area contributed by atoms with Crippen LogP contribution in [0.1, 0.15) is 20.7 Å². The fraction of sp³-hybridized carbons (Fsp3) is 0. The molecule has 0 aliphatic heterocycles. The maximum Gasteiger partial charge on any atom is 0.339 e. The molecule has 0 aliphatic rings. The molecular formula is C11H5F3N2O3S2. The Hall–Kier alpha value is -2.07. The minimum Gasteiger partial charge on any atom is -0.478 e. The number of carbonyl (C=O) groups is 2. The van der Waals surface area contributed by atoms with Gasteiger partial charge in [-0.1, -0.05) is 0 Å². The van der Waals surface area contributed by atoms with Crippen molar-refractivity contribution in [3.8, 4) is 0 Å². The predicted molar refractivity (Wildman–Crippen MR) is 70.6 cm³/mol. The number of aromatic carboxylic acids is 1. The standard InChI is InChI=1S/C11H5F3N2O3S2/c12-5-3(9(17)16-11-15-1-2-21-11)6(13)7(14)8(20)4(5)10(18)19/h1-2,20H,(H,18,19)(H,15,16,17). The zero-order valence-corrected chi connectivity index (χ0v) is 11.6. The Bertz CT molecular complexity index is 735. The highest BCUT2D eigenvalue weighted by atomic mass is 32.1. The number of carbonyl (C=O) groups excluding carboxylic acids is 1. The number of hydrogen-bond donors (Lipinski definition) is 3. The number of aromatic nitrogens is 1. The van der Waals surface area contributed by atoms with E-state index >= 15 is 0 Å². The lowest BCUT2D eigenvalue weighted by atomic mass is 10.1.